The van der Waals surface area contributed by atoms with Gasteiger partial charge < -0.3 is 5.73 Å². The first kappa shape index (κ1) is 14.8. The molecule has 2 N–H and O–H groups in total. The number of nitro benzene ring substituents is 1. The van der Waals surface area contributed by atoms with Crippen molar-refractivity contribution in [2.45, 2.75) is 20.8 Å². The minimum absolute atomic E-state index is 0.0533. The van der Waals surface area contributed by atoms with Crippen molar-refractivity contribution >= 4 is 17.5 Å². The van der Waals surface area contributed by atoms with Gasteiger partial charge in [-0.3, -0.25) is 10.1 Å². The Bertz CT molecular complexity index is 726. The van der Waals surface area contributed by atoms with Gasteiger partial charge in [-0.2, -0.15) is 0 Å². The van der Waals surface area contributed by atoms with Gasteiger partial charge in [0, 0.05) is 5.56 Å². The third kappa shape index (κ3) is 2.52. The topological polar surface area (TPSA) is 69.2 Å². The molecule has 4 nitrogen and oxygen atoms in total. The van der Waals surface area contributed by atoms with Crippen molar-refractivity contribution in [2.24, 2.45) is 0 Å². The largest absolute Gasteiger partial charge is 0.393 e. The highest BCUT2D eigenvalue weighted by atomic mass is 16.6. The van der Waals surface area contributed by atoms with Crippen LogP contribution >= 0.6 is 0 Å². The van der Waals surface area contributed by atoms with Gasteiger partial charge in [-0.25, -0.2) is 0 Å². The maximum Gasteiger partial charge on any atom is 0.300 e. The van der Waals surface area contributed by atoms with Gasteiger partial charge in [-0.1, -0.05) is 36.4 Å². The van der Waals surface area contributed by atoms with Gasteiger partial charge in [-0.15, -0.1) is 0 Å². The maximum absolute atomic E-state index is 11.5. The van der Waals surface area contributed by atoms with Gasteiger partial charge in [-0.05, 0) is 43.5 Å². The Balaban J connectivity index is 2.85. The molecular formula is C17H18N2O2. The van der Waals surface area contributed by atoms with Gasteiger partial charge >= 0.3 is 0 Å². The standard InChI is InChI=1S/C17H18N2O2/c1-5-13-6-7-14(17(16(13)18)19(20)21)15-11(3)8-10(2)9-12(15)4/h5-9H,1,18H2,2-4H3. The van der Waals surface area contributed by atoms with Crippen LogP contribution in [0.2, 0.25) is 0 Å². The molecule has 2 aromatic rings. The lowest BCUT2D eigenvalue weighted by Gasteiger charge is -2.14. The number of nitrogen functional groups attached to an aromatic ring is 1. The molecule has 0 aliphatic rings. The zero-order valence-corrected chi connectivity index (χ0v) is 12.4. The first-order chi connectivity index (χ1) is 9.86. The summed E-state index contributed by atoms with van der Waals surface area (Å²) in [6.45, 7) is 9.56. The lowest BCUT2D eigenvalue weighted by molar-refractivity contribution is -0.383. The Morgan fingerprint density at radius 2 is 1.76 bits per heavy atom. The number of nitrogens with zero attached hydrogens (tertiary/aromatic N) is 1. The molecular weight excluding hydrogens is 264 g/mol. The molecule has 0 unspecified atom stereocenters. The quantitative estimate of drug-likeness (QED) is 0.515. The molecule has 0 radical (unpaired) electrons. The van der Waals surface area contributed by atoms with E-state index in [0.29, 0.717) is 11.1 Å². The summed E-state index contributed by atoms with van der Waals surface area (Å²) < 4.78 is 0. The lowest BCUT2D eigenvalue weighted by Crippen LogP contribution is -2.02. The molecule has 0 saturated carbocycles. The van der Waals surface area contributed by atoms with Crippen LogP contribution in [-0.4, -0.2) is 4.92 Å². The Kier molecular flexibility index (Phi) is 3.80. The van der Waals surface area contributed by atoms with Crippen molar-refractivity contribution in [1.82, 2.24) is 0 Å². The Labute approximate surface area is 124 Å². The van der Waals surface area contributed by atoms with E-state index in [1.54, 1.807) is 12.1 Å². The van der Waals surface area contributed by atoms with E-state index in [1.165, 1.54) is 6.08 Å². The second-order valence-electron chi connectivity index (χ2n) is 5.20. The summed E-state index contributed by atoms with van der Waals surface area (Å²) in [5.41, 5.74) is 11.2. The zero-order valence-electron chi connectivity index (χ0n) is 12.4. The predicted molar refractivity (Wildman–Crippen MR) is 87.2 cm³/mol. The number of hydrogen-bond acceptors (Lipinski definition) is 3. The van der Waals surface area contributed by atoms with E-state index in [2.05, 4.69) is 6.58 Å². The van der Waals surface area contributed by atoms with Crippen molar-refractivity contribution in [1.29, 1.82) is 0 Å². The molecule has 0 aliphatic carbocycles. The second kappa shape index (κ2) is 5.40. The summed E-state index contributed by atoms with van der Waals surface area (Å²) >= 11 is 0. The number of aryl methyl sites for hydroxylation is 3. The van der Waals surface area contributed by atoms with E-state index >= 15 is 0 Å². The third-order valence-electron chi connectivity index (χ3n) is 3.60. The van der Waals surface area contributed by atoms with E-state index in [9.17, 15) is 10.1 Å². The van der Waals surface area contributed by atoms with Crippen LogP contribution in [0.4, 0.5) is 11.4 Å². The zero-order chi connectivity index (χ0) is 15.7. The van der Waals surface area contributed by atoms with E-state index in [0.717, 1.165) is 22.3 Å². The monoisotopic (exact) mass is 282 g/mol. The summed E-state index contributed by atoms with van der Waals surface area (Å²) in [5, 5.41) is 11.5. The van der Waals surface area contributed by atoms with Crippen LogP contribution in [0.5, 0.6) is 0 Å². The van der Waals surface area contributed by atoms with Crippen molar-refractivity contribution < 1.29 is 4.92 Å². The van der Waals surface area contributed by atoms with Gasteiger partial charge in [0.25, 0.3) is 5.69 Å². The summed E-state index contributed by atoms with van der Waals surface area (Å²) in [4.78, 5) is 11.0. The molecule has 4 heteroatoms. The second-order valence-corrected chi connectivity index (χ2v) is 5.20. The van der Waals surface area contributed by atoms with Crippen molar-refractivity contribution in [2.75, 3.05) is 5.73 Å². The fourth-order valence-corrected chi connectivity index (χ4v) is 2.80. The van der Waals surface area contributed by atoms with Crippen LogP contribution in [-0.2, 0) is 0 Å². The molecule has 0 spiro atoms. The average molecular weight is 282 g/mol. The number of nitrogens with two attached hydrogens (primary N) is 1. The first-order valence-electron chi connectivity index (χ1n) is 6.64. The number of hydrogen-bond donors (Lipinski definition) is 1. The molecule has 2 rings (SSSR count). The molecule has 2 aromatic carbocycles. The van der Waals surface area contributed by atoms with E-state index in [-0.39, 0.29) is 11.4 Å². The van der Waals surface area contributed by atoms with Crippen LogP contribution in [0.3, 0.4) is 0 Å². The van der Waals surface area contributed by atoms with Crippen LogP contribution in [0.1, 0.15) is 22.3 Å². The summed E-state index contributed by atoms with van der Waals surface area (Å²) in [6.07, 6.45) is 1.53. The van der Waals surface area contributed by atoms with Crippen molar-refractivity contribution in [3.63, 3.8) is 0 Å². The molecule has 0 bridgehead atoms. The third-order valence-corrected chi connectivity index (χ3v) is 3.60. The molecule has 0 saturated heterocycles. The molecule has 0 atom stereocenters. The number of nitro groups is 1. The molecule has 0 amide bonds. The van der Waals surface area contributed by atoms with Gasteiger partial charge in [0.05, 0.1) is 10.5 Å². The summed E-state index contributed by atoms with van der Waals surface area (Å²) in [5.74, 6) is 0. The van der Waals surface area contributed by atoms with Crippen molar-refractivity contribution in [3.05, 3.63) is 63.2 Å². The molecule has 0 aliphatic heterocycles. The normalized spacial score (nSPS) is 10.4. The van der Waals surface area contributed by atoms with Crippen molar-refractivity contribution in [3.8, 4) is 11.1 Å². The average Bonchev–Trinajstić information content (AvgIpc) is 2.37. The highest BCUT2D eigenvalue weighted by Crippen LogP contribution is 2.40. The Morgan fingerprint density at radius 1 is 1.19 bits per heavy atom. The Morgan fingerprint density at radius 3 is 2.24 bits per heavy atom. The van der Waals surface area contributed by atoms with E-state index in [1.807, 2.05) is 32.9 Å². The van der Waals surface area contributed by atoms with Crippen LogP contribution in [0.25, 0.3) is 17.2 Å². The van der Waals surface area contributed by atoms with Gasteiger partial charge in [0.15, 0.2) is 0 Å². The van der Waals surface area contributed by atoms with Gasteiger partial charge in [0.1, 0.15) is 5.69 Å². The molecule has 0 fully saturated rings. The first-order valence-corrected chi connectivity index (χ1v) is 6.64. The number of anilines is 1. The lowest BCUT2D eigenvalue weighted by atomic mass is 9.91. The molecule has 0 aromatic heterocycles. The molecule has 108 valence electrons. The summed E-state index contributed by atoms with van der Waals surface area (Å²) in [6, 6.07) is 7.55. The predicted octanol–water partition coefficient (Wildman–Crippen LogP) is 4.41. The molecule has 0 heterocycles. The fraction of sp³-hybridized carbons (Fsp3) is 0.176. The Hall–Kier alpha value is -2.62. The number of benzene rings is 2. The minimum Gasteiger partial charge on any atom is -0.393 e. The van der Waals surface area contributed by atoms with Crippen LogP contribution in [0.15, 0.2) is 30.8 Å². The SMILES string of the molecule is C=Cc1ccc(-c2c(C)cc(C)cc2C)c([N+](=O)[O-])c1N. The minimum atomic E-state index is -0.420. The van der Waals surface area contributed by atoms with Crippen LogP contribution in [0, 0.1) is 30.9 Å². The smallest absolute Gasteiger partial charge is 0.300 e. The van der Waals surface area contributed by atoms with E-state index in [4.69, 9.17) is 5.73 Å². The highest BCUT2D eigenvalue weighted by Gasteiger charge is 2.23. The van der Waals surface area contributed by atoms with Gasteiger partial charge in [0.2, 0.25) is 0 Å². The maximum atomic E-state index is 11.5. The van der Waals surface area contributed by atoms with E-state index < -0.39 is 4.92 Å². The summed E-state index contributed by atoms with van der Waals surface area (Å²) in [7, 11) is 0. The highest BCUT2D eigenvalue weighted by molar-refractivity contribution is 5.88. The number of rotatable bonds is 3. The fourth-order valence-electron chi connectivity index (χ4n) is 2.80. The van der Waals surface area contributed by atoms with Crippen LogP contribution < -0.4 is 5.73 Å². The molecule has 21 heavy (non-hydrogen) atoms.